The van der Waals surface area contributed by atoms with Gasteiger partial charge in [0.05, 0.1) is 0 Å². The Balaban J connectivity index is 2.58. The molecule has 0 saturated heterocycles. The first-order valence-corrected chi connectivity index (χ1v) is 3.54. The van der Waals surface area contributed by atoms with E-state index in [9.17, 15) is 0 Å². The molecular formula is C8H13N. The van der Waals surface area contributed by atoms with Crippen molar-refractivity contribution in [2.45, 2.75) is 26.2 Å². The number of hydrogen-bond acceptors (Lipinski definition) is 1. The van der Waals surface area contributed by atoms with Crippen LogP contribution in [0.4, 0.5) is 0 Å². The molecule has 1 fully saturated rings. The van der Waals surface area contributed by atoms with Gasteiger partial charge in [0.15, 0.2) is 0 Å². The van der Waals surface area contributed by atoms with Crippen LogP contribution in [0.2, 0.25) is 0 Å². The molecule has 0 aromatic heterocycles. The van der Waals surface area contributed by atoms with Crippen molar-refractivity contribution in [2.75, 3.05) is 0 Å². The molecule has 0 heterocycles. The Labute approximate surface area is 56.3 Å². The normalized spacial score (nSPS) is 31.2. The number of rotatable bonds is 1. The van der Waals surface area contributed by atoms with E-state index in [1.807, 2.05) is 6.08 Å². The zero-order chi connectivity index (χ0) is 6.69. The zero-order valence-corrected chi connectivity index (χ0v) is 5.85. The quantitative estimate of drug-likeness (QED) is 0.518. The maximum Gasteiger partial charge on any atom is 0.0177 e. The largest absolute Gasteiger partial charge is 0.309 e. The highest BCUT2D eigenvalue weighted by Crippen LogP contribution is 2.29. The van der Waals surface area contributed by atoms with Crippen molar-refractivity contribution in [3.05, 3.63) is 11.6 Å². The molecule has 0 amide bonds. The van der Waals surface area contributed by atoms with E-state index in [-0.39, 0.29) is 0 Å². The van der Waals surface area contributed by atoms with Crippen LogP contribution in [-0.4, -0.2) is 6.21 Å². The maximum absolute atomic E-state index is 6.86. The lowest BCUT2D eigenvalue weighted by Crippen LogP contribution is -1.87. The van der Waals surface area contributed by atoms with E-state index < -0.39 is 0 Å². The van der Waals surface area contributed by atoms with Crippen molar-refractivity contribution >= 4 is 6.21 Å². The minimum Gasteiger partial charge on any atom is -0.309 e. The molecule has 0 aromatic rings. The van der Waals surface area contributed by atoms with Gasteiger partial charge in [-0.15, -0.1) is 0 Å². The van der Waals surface area contributed by atoms with Gasteiger partial charge in [0.2, 0.25) is 0 Å². The molecule has 9 heavy (non-hydrogen) atoms. The van der Waals surface area contributed by atoms with Crippen LogP contribution in [0, 0.1) is 11.3 Å². The molecule has 0 bridgehead atoms. The van der Waals surface area contributed by atoms with E-state index in [1.54, 1.807) is 0 Å². The summed E-state index contributed by atoms with van der Waals surface area (Å²) in [7, 11) is 0. The molecule has 0 spiro atoms. The Morgan fingerprint density at radius 1 is 1.67 bits per heavy atom. The van der Waals surface area contributed by atoms with Crippen molar-refractivity contribution < 1.29 is 0 Å². The number of nitrogens with one attached hydrogen (secondary N) is 1. The molecule has 1 saturated carbocycles. The van der Waals surface area contributed by atoms with Crippen molar-refractivity contribution in [1.82, 2.24) is 0 Å². The Kier molecular flexibility index (Phi) is 2.04. The maximum atomic E-state index is 6.86. The molecule has 50 valence electrons. The lowest BCUT2D eigenvalue weighted by atomic mass is 10.1. The molecule has 0 radical (unpaired) electrons. The van der Waals surface area contributed by atoms with Crippen LogP contribution in [0.5, 0.6) is 0 Å². The summed E-state index contributed by atoms with van der Waals surface area (Å²) in [6.45, 7) is 2.24. The summed E-state index contributed by atoms with van der Waals surface area (Å²) in [5, 5.41) is 6.86. The number of allylic oxidation sites excluding steroid dienone is 2. The van der Waals surface area contributed by atoms with E-state index in [0.717, 1.165) is 5.92 Å². The third kappa shape index (κ3) is 1.41. The molecular weight excluding hydrogens is 110 g/mol. The average Bonchev–Trinajstić information content (AvgIpc) is 2.18. The summed E-state index contributed by atoms with van der Waals surface area (Å²) < 4.78 is 0. The first-order valence-electron chi connectivity index (χ1n) is 3.54. The predicted molar refractivity (Wildman–Crippen MR) is 39.9 cm³/mol. The first kappa shape index (κ1) is 6.53. The molecule has 1 unspecified atom stereocenters. The highest BCUT2D eigenvalue weighted by atomic mass is 14.3. The van der Waals surface area contributed by atoms with Gasteiger partial charge in [-0.3, -0.25) is 0 Å². The van der Waals surface area contributed by atoms with Gasteiger partial charge in [-0.1, -0.05) is 12.5 Å². The van der Waals surface area contributed by atoms with E-state index in [1.165, 1.54) is 31.1 Å². The Morgan fingerprint density at radius 2 is 2.44 bits per heavy atom. The van der Waals surface area contributed by atoms with Gasteiger partial charge < -0.3 is 5.41 Å². The number of hydrogen-bond donors (Lipinski definition) is 1. The fourth-order valence-electron chi connectivity index (χ4n) is 1.40. The van der Waals surface area contributed by atoms with Crippen LogP contribution >= 0.6 is 0 Å². The molecule has 1 rings (SSSR count). The van der Waals surface area contributed by atoms with Gasteiger partial charge in [-0.05, 0) is 31.3 Å². The topological polar surface area (TPSA) is 23.9 Å². The first-order chi connectivity index (χ1) is 4.34. The van der Waals surface area contributed by atoms with E-state index in [2.05, 4.69) is 6.92 Å². The Bertz CT molecular complexity index is 136. The van der Waals surface area contributed by atoms with Gasteiger partial charge in [0.1, 0.15) is 0 Å². The standard InChI is InChI=1S/C8H13N/c1-7-3-2-4-8(7)5-6-9/h5-7,9H,2-4H2,1H3/b8-5+,9-6?. The Morgan fingerprint density at radius 3 is 2.89 bits per heavy atom. The van der Waals surface area contributed by atoms with Crippen LogP contribution in [0.3, 0.4) is 0 Å². The van der Waals surface area contributed by atoms with Gasteiger partial charge >= 0.3 is 0 Å². The molecule has 1 aliphatic carbocycles. The van der Waals surface area contributed by atoms with Crippen LogP contribution < -0.4 is 0 Å². The van der Waals surface area contributed by atoms with Crippen molar-refractivity contribution in [2.24, 2.45) is 5.92 Å². The molecule has 0 aliphatic heterocycles. The summed E-state index contributed by atoms with van der Waals surface area (Å²) in [4.78, 5) is 0. The highest BCUT2D eigenvalue weighted by Gasteiger charge is 2.14. The molecule has 1 N–H and O–H groups in total. The second-order valence-corrected chi connectivity index (χ2v) is 2.70. The van der Waals surface area contributed by atoms with Crippen molar-refractivity contribution in [3.63, 3.8) is 0 Å². The van der Waals surface area contributed by atoms with Gasteiger partial charge in [-0.2, -0.15) is 0 Å². The lowest BCUT2D eigenvalue weighted by Gasteiger charge is -2.00. The molecule has 1 nitrogen and oxygen atoms in total. The minimum atomic E-state index is 0.742. The second kappa shape index (κ2) is 2.81. The Hall–Kier alpha value is -0.590. The highest BCUT2D eigenvalue weighted by molar-refractivity contribution is 5.69. The van der Waals surface area contributed by atoms with Crippen LogP contribution in [0.1, 0.15) is 26.2 Å². The summed E-state index contributed by atoms with van der Waals surface area (Å²) >= 11 is 0. The predicted octanol–water partition coefficient (Wildman–Crippen LogP) is 2.38. The summed E-state index contributed by atoms with van der Waals surface area (Å²) in [6.07, 6.45) is 7.20. The van der Waals surface area contributed by atoms with Crippen LogP contribution in [0.15, 0.2) is 11.6 Å². The lowest BCUT2D eigenvalue weighted by molar-refractivity contribution is 0.696. The molecule has 1 atom stereocenters. The van der Waals surface area contributed by atoms with Gasteiger partial charge in [0.25, 0.3) is 0 Å². The molecule has 1 heteroatoms. The van der Waals surface area contributed by atoms with Gasteiger partial charge in [0, 0.05) is 6.21 Å². The monoisotopic (exact) mass is 123 g/mol. The summed E-state index contributed by atoms with van der Waals surface area (Å²) in [5.41, 5.74) is 1.46. The second-order valence-electron chi connectivity index (χ2n) is 2.70. The molecule has 0 aromatic carbocycles. The zero-order valence-electron chi connectivity index (χ0n) is 5.85. The molecule has 1 aliphatic rings. The minimum absolute atomic E-state index is 0.742. The van der Waals surface area contributed by atoms with E-state index >= 15 is 0 Å². The van der Waals surface area contributed by atoms with Crippen molar-refractivity contribution in [3.8, 4) is 0 Å². The van der Waals surface area contributed by atoms with Crippen LogP contribution in [0.25, 0.3) is 0 Å². The smallest absolute Gasteiger partial charge is 0.0177 e. The van der Waals surface area contributed by atoms with Crippen molar-refractivity contribution in [1.29, 1.82) is 5.41 Å². The fourth-order valence-corrected chi connectivity index (χ4v) is 1.40. The fraction of sp³-hybridized carbons (Fsp3) is 0.625. The average molecular weight is 123 g/mol. The SMILES string of the molecule is CC1CCC/C1=C\C=N. The van der Waals surface area contributed by atoms with E-state index in [4.69, 9.17) is 5.41 Å². The summed E-state index contributed by atoms with van der Waals surface area (Å²) in [5.74, 6) is 0.742. The third-order valence-corrected chi connectivity index (χ3v) is 2.03. The summed E-state index contributed by atoms with van der Waals surface area (Å²) in [6, 6.07) is 0. The van der Waals surface area contributed by atoms with Crippen LogP contribution in [-0.2, 0) is 0 Å². The van der Waals surface area contributed by atoms with Gasteiger partial charge in [-0.25, -0.2) is 0 Å². The third-order valence-electron chi connectivity index (χ3n) is 2.03. The van der Waals surface area contributed by atoms with E-state index in [0.29, 0.717) is 0 Å².